The fourth-order valence-electron chi connectivity index (χ4n) is 3.14. The highest BCUT2D eigenvalue weighted by Crippen LogP contribution is 2.30. The zero-order chi connectivity index (χ0) is 17.5. The van der Waals surface area contributed by atoms with Crippen molar-refractivity contribution in [2.75, 3.05) is 7.05 Å². The van der Waals surface area contributed by atoms with Crippen LogP contribution in [0.25, 0.3) is 0 Å². The molecule has 0 spiro atoms. The Bertz CT molecular complexity index is 899. The van der Waals surface area contributed by atoms with Crippen LogP contribution in [0.5, 0.6) is 0 Å². The zero-order valence-electron chi connectivity index (χ0n) is 13.7. The minimum Gasteiger partial charge on any atom is -0.464 e. The summed E-state index contributed by atoms with van der Waals surface area (Å²) in [5, 5.41) is 5.33. The number of benzene rings is 1. The molecule has 0 radical (unpaired) electrons. The lowest BCUT2D eigenvalue weighted by atomic mass is 10.1. The molecule has 2 N–H and O–H groups in total. The van der Waals surface area contributed by atoms with Gasteiger partial charge in [0, 0.05) is 12.6 Å². The number of furan rings is 1. The molecule has 0 unspecified atom stereocenters. The quantitative estimate of drug-likeness (QED) is 0.914. The molecule has 0 saturated carbocycles. The minimum absolute atomic E-state index is 0.0723. The second kappa shape index (κ2) is 6.07. The number of hydrogen-bond donors (Lipinski definition) is 1. The van der Waals surface area contributed by atoms with Crippen LogP contribution in [0.4, 0.5) is 0 Å². The van der Waals surface area contributed by atoms with Gasteiger partial charge in [-0.2, -0.15) is 0 Å². The molecule has 1 aliphatic rings. The van der Waals surface area contributed by atoms with Crippen molar-refractivity contribution in [2.45, 2.75) is 37.6 Å². The van der Waals surface area contributed by atoms with Crippen LogP contribution in [0.2, 0.25) is 0 Å². The van der Waals surface area contributed by atoms with E-state index in [1.54, 1.807) is 13.1 Å². The van der Waals surface area contributed by atoms with E-state index in [-0.39, 0.29) is 10.8 Å². The number of amides is 1. The van der Waals surface area contributed by atoms with E-state index in [2.05, 4.69) is 0 Å². The van der Waals surface area contributed by atoms with E-state index >= 15 is 0 Å². The number of carbonyl (C=O) groups is 1. The Hall–Kier alpha value is -2.12. The maximum absolute atomic E-state index is 12.7. The van der Waals surface area contributed by atoms with Crippen LogP contribution < -0.4 is 5.14 Å². The lowest BCUT2D eigenvalue weighted by Crippen LogP contribution is -2.27. The van der Waals surface area contributed by atoms with Gasteiger partial charge in [-0.25, -0.2) is 13.6 Å². The third-order valence-corrected chi connectivity index (χ3v) is 5.24. The van der Waals surface area contributed by atoms with E-state index in [1.165, 1.54) is 11.0 Å². The van der Waals surface area contributed by atoms with Crippen LogP contribution >= 0.6 is 0 Å². The number of rotatable bonds is 4. The molecule has 2 aromatic rings. The molecule has 7 heteroatoms. The normalized spacial score (nSPS) is 13.8. The van der Waals surface area contributed by atoms with Gasteiger partial charge in [0.1, 0.15) is 11.5 Å². The molecule has 3 rings (SSSR count). The number of carbonyl (C=O) groups excluding carboxylic acids is 1. The van der Waals surface area contributed by atoms with Gasteiger partial charge in [-0.05, 0) is 61.6 Å². The molecular weight excluding hydrogens is 328 g/mol. The molecular formula is C17H20N2O4S. The highest BCUT2D eigenvalue weighted by molar-refractivity contribution is 7.89. The standard InChI is InChI=1S/C17H20N2O4S/c1-11-6-7-14(23-11)10-19(2)17(20)13-8-12-4-3-5-15(12)16(9-13)24(18,21)22/h6-9H,3-5,10H2,1-2H3,(H2,18,21,22). The summed E-state index contributed by atoms with van der Waals surface area (Å²) in [6, 6.07) is 6.83. The summed E-state index contributed by atoms with van der Waals surface area (Å²) in [7, 11) is -2.20. The molecule has 0 fully saturated rings. The predicted molar refractivity (Wildman–Crippen MR) is 89.1 cm³/mol. The summed E-state index contributed by atoms with van der Waals surface area (Å²) in [6.45, 7) is 2.15. The van der Waals surface area contributed by atoms with Crippen LogP contribution in [-0.4, -0.2) is 26.3 Å². The van der Waals surface area contributed by atoms with E-state index < -0.39 is 10.0 Å². The van der Waals surface area contributed by atoms with Crippen LogP contribution in [0, 0.1) is 6.92 Å². The molecule has 1 heterocycles. The molecule has 128 valence electrons. The van der Waals surface area contributed by atoms with Crippen molar-refractivity contribution in [3.63, 3.8) is 0 Å². The summed E-state index contributed by atoms with van der Waals surface area (Å²) in [6.07, 6.45) is 2.31. The van der Waals surface area contributed by atoms with Gasteiger partial charge in [0.2, 0.25) is 10.0 Å². The molecule has 1 aliphatic carbocycles. The molecule has 0 aliphatic heterocycles. The molecule has 1 aromatic heterocycles. The number of aryl methyl sites for hydroxylation is 2. The van der Waals surface area contributed by atoms with Gasteiger partial charge >= 0.3 is 0 Å². The second-order valence-corrected chi connectivity index (χ2v) is 7.71. The molecule has 6 nitrogen and oxygen atoms in total. The Kier molecular flexibility index (Phi) is 4.23. The molecule has 1 amide bonds. The van der Waals surface area contributed by atoms with E-state index in [1.807, 2.05) is 19.1 Å². The molecule has 0 bridgehead atoms. The Morgan fingerprint density at radius 3 is 2.67 bits per heavy atom. The van der Waals surface area contributed by atoms with Gasteiger partial charge in [0.25, 0.3) is 5.91 Å². The summed E-state index contributed by atoms with van der Waals surface area (Å²) in [4.78, 5) is 14.3. The first kappa shape index (κ1) is 16.7. The topological polar surface area (TPSA) is 93.6 Å². The third-order valence-electron chi connectivity index (χ3n) is 4.26. The number of fused-ring (bicyclic) bond motifs is 1. The first-order chi connectivity index (χ1) is 11.3. The van der Waals surface area contributed by atoms with Crippen molar-refractivity contribution in [1.82, 2.24) is 4.90 Å². The Morgan fingerprint density at radius 1 is 1.29 bits per heavy atom. The lowest BCUT2D eigenvalue weighted by molar-refractivity contribution is 0.0774. The van der Waals surface area contributed by atoms with Gasteiger partial charge in [-0.15, -0.1) is 0 Å². The summed E-state index contributed by atoms with van der Waals surface area (Å²) < 4.78 is 29.2. The average molecular weight is 348 g/mol. The molecule has 24 heavy (non-hydrogen) atoms. The average Bonchev–Trinajstić information content (AvgIpc) is 3.12. The molecule has 0 saturated heterocycles. The number of nitrogens with two attached hydrogens (primary N) is 1. The lowest BCUT2D eigenvalue weighted by Gasteiger charge is -2.17. The second-order valence-electron chi connectivity index (χ2n) is 6.18. The van der Waals surface area contributed by atoms with Crippen molar-refractivity contribution in [2.24, 2.45) is 5.14 Å². The summed E-state index contributed by atoms with van der Waals surface area (Å²) in [5.41, 5.74) is 1.98. The molecule has 0 atom stereocenters. The minimum atomic E-state index is -3.85. The maximum Gasteiger partial charge on any atom is 0.254 e. The van der Waals surface area contributed by atoms with Crippen LogP contribution in [-0.2, 0) is 29.4 Å². The third kappa shape index (κ3) is 3.22. The Morgan fingerprint density at radius 2 is 2.04 bits per heavy atom. The van der Waals surface area contributed by atoms with Crippen molar-refractivity contribution < 1.29 is 17.6 Å². The monoisotopic (exact) mass is 348 g/mol. The molecule has 1 aromatic carbocycles. The van der Waals surface area contributed by atoms with Gasteiger partial charge in [-0.1, -0.05) is 0 Å². The van der Waals surface area contributed by atoms with E-state index in [0.717, 1.165) is 29.7 Å². The van der Waals surface area contributed by atoms with Crippen molar-refractivity contribution >= 4 is 15.9 Å². The van der Waals surface area contributed by atoms with Gasteiger partial charge in [0.15, 0.2) is 0 Å². The Labute approximate surface area is 141 Å². The fourth-order valence-corrected chi connectivity index (χ4v) is 4.01. The SMILES string of the molecule is Cc1ccc(CN(C)C(=O)c2cc3c(c(S(N)(=O)=O)c2)CCC3)o1. The van der Waals surface area contributed by atoms with E-state index in [9.17, 15) is 13.2 Å². The van der Waals surface area contributed by atoms with Crippen LogP contribution in [0.3, 0.4) is 0 Å². The summed E-state index contributed by atoms with van der Waals surface area (Å²) in [5.74, 6) is 1.19. The maximum atomic E-state index is 12.7. The van der Waals surface area contributed by atoms with Crippen molar-refractivity contribution in [3.05, 3.63) is 52.5 Å². The first-order valence-corrected chi connectivity index (χ1v) is 9.29. The van der Waals surface area contributed by atoms with Crippen molar-refractivity contribution in [1.29, 1.82) is 0 Å². The predicted octanol–water partition coefficient (Wildman–Crippen LogP) is 2.00. The smallest absolute Gasteiger partial charge is 0.254 e. The first-order valence-electron chi connectivity index (χ1n) is 7.75. The summed E-state index contributed by atoms with van der Waals surface area (Å²) >= 11 is 0. The number of nitrogens with zero attached hydrogens (tertiary/aromatic N) is 1. The van der Waals surface area contributed by atoms with Crippen LogP contribution in [0.15, 0.2) is 33.6 Å². The van der Waals surface area contributed by atoms with E-state index in [4.69, 9.17) is 9.56 Å². The zero-order valence-corrected chi connectivity index (χ0v) is 14.5. The highest BCUT2D eigenvalue weighted by atomic mass is 32.2. The highest BCUT2D eigenvalue weighted by Gasteiger charge is 2.25. The fraction of sp³-hybridized carbons (Fsp3) is 0.353. The Balaban J connectivity index is 1.92. The largest absolute Gasteiger partial charge is 0.464 e. The number of sulfonamides is 1. The number of primary sulfonamides is 1. The van der Waals surface area contributed by atoms with Gasteiger partial charge < -0.3 is 9.32 Å². The van der Waals surface area contributed by atoms with Gasteiger partial charge in [-0.3, -0.25) is 4.79 Å². The number of hydrogen-bond acceptors (Lipinski definition) is 4. The van der Waals surface area contributed by atoms with E-state index in [0.29, 0.717) is 24.3 Å². The van der Waals surface area contributed by atoms with Gasteiger partial charge in [0.05, 0.1) is 11.4 Å². The van der Waals surface area contributed by atoms with Crippen molar-refractivity contribution in [3.8, 4) is 0 Å². The van der Waals surface area contributed by atoms with Crippen LogP contribution in [0.1, 0.15) is 39.4 Å².